The molecule has 5 heteroatoms. The number of anilines is 1. The third-order valence-corrected chi connectivity index (χ3v) is 2.77. The van der Waals surface area contributed by atoms with E-state index in [0.29, 0.717) is 0 Å². The zero-order valence-corrected chi connectivity index (χ0v) is 10.0. The summed E-state index contributed by atoms with van der Waals surface area (Å²) >= 11 is 0. The second-order valence-corrected chi connectivity index (χ2v) is 4.35. The maximum atomic E-state index is 12.0. The van der Waals surface area contributed by atoms with Crippen molar-refractivity contribution in [3.63, 3.8) is 0 Å². The van der Waals surface area contributed by atoms with Gasteiger partial charge in [-0.2, -0.15) is 0 Å². The van der Waals surface area contributed by atoms with E-state index in [2.05, 4.69) is 5.32 Å². The number of amides is 2. The lowest BCUT2D eigenvalue weighted by molar-refractivity contribution is -0.136. The second-order valence-electron chi connectivity index (χ2n) is 4.35. The molecule has 0 unspecified atom stereocenters. The average molecular weight is 248 g/mol. The number of carbonyl (C=O) groups excluding carboxylic acids is 1. The number of hydrogen-bond donors (Lipinski definition) is 2. The van der Waals surface area contributed by atoms with Gasteiger partial charge in [0.25, 0.3) is 0 Å². The molecular weight excluding hydrogens is 232 g/mol. The molecule has 1 aliphatic carbocycles. The Morgan fingerprint density at radius 3 is 2.50 bits per heavy atom. The van der Waals surface area contributed by atoms with Gasteiger partial charge in [0.05, 0.1) is 6.42 Å². The Balaban J connectivity index is 2.05. The number of aliphatic carboxylic acids is 1. The van der Waals surface area contributed by atoms with Crippen molar-refractivity contribution in [2.24, 2.45) is 0 Å². The predicted octanol–water partition coefficient (Wildman–Crippen LogP) is 1.84. The summed E-state index contributed by atoms with van der Waals surface area (Å²) in [6.07, 6.45) is 1.95. The topological polar surface area (TPSA) is 69.6 Å². The van der Waals surface area contributed by atoms with E-state index in [1.807, 2.05) is 18.2 Å². The minimum absolute atomic E-state index is 0.0625. The van der Waals surface area contributed by atoms with E-state index in [1.54, 1.807) is 12.1 Å². The molecule has 2 amide bonds. The van der Waals surface area contributed by atoms with Crippen molar-refractivity contribution < 1.29 is 14.7 Å². The Kier molecular flexibility index (Phi) is 3.82. The molecule has 2 N–H and O–H groups in total. The van der Waals surface area contributed by atoms with E-state index in [4.69, 9.17) is 5.11 Å². The molecule has 0 bridgehead atoms. The number of nitrogens with zero attached hydrogens (tertiary/aromatic N) is 1. The molecule has 5 nitrogen and oxygen atoms in total. The summed E-state index contributed by atoms with van der Waals surface area (Å²) in [5.74, 6) is -0.907. The minimum atomic E-state index is -0.907. The summed E-state index contributed by atoms with van der Waals surface area (Å²) in [6, 6.07) is 9.15. The zero-order chi connectivity index (χ0) is 13.0. The number of nitrogens with one attached hydrogen (secondary N) is 1. The van der Waals surface area contributed by atoms with Crippen molar-refractivity contribution in [3.8, 4) is 0 Å². The maximum absolute atomic E-state index is 12.0. The van der Waals surface area contributed by atoms with Crippen LogP contribution in [-0.2, 0) is 4.79 Å². The van der Waals surface area contributed by atoms with Crippen molar-refractivity contribution in [1.29, 1.82) is 0 Å². The molecule has 1 saturated carbocycles. The first-order valence-corrected chi connectivity index (χ1v) is 6.01. The molecule has 0 saturated heterocycles. The van der Waals surface area contributed by atoms with Gasteiger partial charge < -0.3 is 10.4 Å². The molecule has 0 spiro atoms. The van der Waals surface area contributed by atoms with Crippen LogP contribution in [0.4, 0.5) is 10.5 Å². The summed E-state index contributed by atoms with van der Waals surface area (Å²) in [5, 5.41) is 11.6. The average Bonchev–Trinajstić information content (AvgIpc) is 3.14. The molecule has 0 heterocycles. The fraction of sp³-hybridized carbons (Fsp3) is 0.385. The van der Waals surface area contributed by atoms with Crippen LogP contribution in [0.15, 0.2) is 30.3 Å². The summed E-state index contributed by atoms with van der Waals surface area (Å²) < 4.78 is 0. The van der Waals surface area contributed by atoms with Crippen LogP contribution in [0.5, 0.6) is 0 Å². The number of carbonyl (C=O) groups is 2. The van der Waals surface area contributed by atoms with Gasteiger partial charge in [-0.3, -0.25) is 9.69 Å². The lowest BCUT2D eigenvalue weighted by Gasteiger charge is -2.22. The van der Waals surface area contributed by atoms with Crippen molar-refractivity contribution in [3.05, 3.63) is 30.3 Å². The Bertz CT molecular complexity index is 429. The van der Waals surface area contributed by atoms with Gasteiger partial charge in [-0.05, 0) is 25.0 Å². The summed E-state index contributed by atoms with van der Waals surface area (Å²) in [4.78, 5) is 24.1. The van der Waals surface area contributed by atoms with Gasteiger partial charge in [-0.15, -0.1) is 0 Å². The number of benzene rings is 1. The fourth-order valence-electron chi connectivity index (χ4n) is 1.64. The smallest absolute Gasteiger partial charge is 0.322 e. The van der Waals surface area contributed by atoms with Crippen LogP contribution < -0.4 is 10.2 Å². The molecule has 1 aromatic rings. The van der Waals surface area contributed by atoms with Gasteiger partial charge in [0.15, 0.2) is 0 Å². The van der Waals surface area contributed by atoms with Gasteiger partial charge in [0, 0.05) is 18.3 Å². The molecule has 1 aromatic carbocycles. The Morgan fingerprint density at radius 2 is 1.94 bits per heavy atom. The van der Waals surface area contributed by atoms with E-state index in [-0.39, 0.29) is 25.0 Å². The van der Waals surface area contributed by atoms with Crippen molar-refractivity contribution in [2.75, 3.05) is 11.4 Å². The first-order valence-electron chi connectivity index (χ1n) is 6.01. The summed E-state index contributed by atoms with van der Waals surface area (Å²) in [7, 11) is 0. The Labute approximate surface area is 105 Å². The van der Waals surface area contributed by atoms with Crippen LogP contribution in [0, 0.1) is 0 Å². The minimum Gasteiger partial charge on any atom is -0.481 e. The lowest BCUT2D eigenvalue weighted by atomic mass is 10.3. The predicted molar refractivity (Wildman–Crippen MR) is 67.6 cm³/mol. The molecule has 2 rings (SSSR count). The highest BCUT2D eigenvalue weighted by Gasteiger charge is 2.26. The molecule has 1 aliphatic rings. The van der Waals surface area contributed by atoms with Crippen molar-refractivity contribution >= 4 is 17.7 Å². The quantitative estimate of drug-likeness (QED) is 0.835. The lowest BCUT2D eigenvalue weighted by Crippen LogP contribution is -2.42. The Hall–Kier alpha value is -2.04. The van der Waals surface area contributed by atoms with Crippen molar-refractivity contribution in [2.45, 2.75) is 25.3 Å². The SMILES string of the molecule is O=C(O)CCN(C(=O)NC1CC1)c1ccccc1. The third-order valence-electron chi connectivity index (χ3n) is 2.77. The molecular formula is C13H16N2O3. The number of rotatable bonds is 5. The van der Waals surface area contributed by atoms with Gasteiger partial charge in [0.1, 0.15) is 0 Å². The standard InChI is InChI=1S/C13H16N2O3/c16-12(17)8-9-15(11-4-2-1-3-5-11)13(18)14-10-6-7-10/h1-5,10H,6-9H2,(H,14,18)(H,16,17). The van der Waals surface area contributed by atoms with E-state index >= 15 is 0 Å². The molecule has 1 fully saturated rings. The second kappa shape index (κ2) is 5.53. The molecule has 0 atom stereocenters. The first-order chi connectivity index (χ1) is 8.66. The first kappa shape index (κ1) is 12.4. The highest BCUT2D eigenvalue weighted by molar-refractivity contribution is 5.92. The van der Waals surface area contributed by atoms with E-state index < -0.39 is 5.97 Å². The molecule has 0 aliphatic heterocycles. The van der Waals surface area contributed by atoms with E-state index in [9.17, 15) is 9.59 Å². The van der Waals surface area contributed by atoms with Crippen molar-refractivity contribution in [1.82, 2.24) is 5.32 Å². The van der Waals surface area contributed by atoms with Crippen LogP contribution in [0.25, 0.3) is 0 Å². The highest BCUT2D eigenvalue weighted by Crippen LogP contribution is 2.20. The Morgan fingerprint density at radius 1 is 1.28 bits per heavy atom. The van der Waals surface area contributed by atoms with Gasteiger partial charge in [0.2, 0.25) is 0 Å². The van der Waals surface area contributed by atoms with Crippen LogP contribution in [0.1, 0.15) is 19.3 Å². The monoisotopic (exact) mass is 248 g/mol. The number of hydrogen-bond acceptors (Lipinski definition) is 2. The van der Waals surface area contributed by atoms with Crippen LogP contribution in [0.3, 0.4) is 0 Å². The summed E-state index contributed by atoms with van der Waals surface area (Å²) in [6.45, 7) is 0.178. The van der Waals surface area contributed by atoms with Crippen LogP contribution >= 0.6 is 0 Å². The van der Waals surface area contributed by atoms with E-state index in [0.717, 1.165) is 18.5 Å². The number of urea groups is 1. The third kappa shape index (κ3) is 3.48. The largest absolute Gasteiger partial charge is 0.481 e. The number of para-hydroxylation sites is 1. The molecule has 18 heavy (non-hydrogen) atoms. The fourth-order valence-corrected chi connectivity index (χ4v) is 1.64. The molecule has 0 aromatic heterocycles. The molecule has 0 radical (unpaired) electrons. The van der Waals surface area contributed by atoms with Gasteiger partial charge in [-0.1, -0.05) is 18.2 Å². The number of carboxylic acid groups (broad SMARTS) is 1. The van der Waals surface area contributed by atoms with Crippen LogP contribution in [-0.4, -0.2) is 29.7 Å². The molecule has 96 valence electrons. The van der Waals surface area contributed by atoms with Crippen LogP contribution in [0.2, 0.25) is 0 Å². The highest BCUT2D eigenvalue weighted by atomic mass is 16.4. The number of carboxylic acids is 1. The normalized spacial score (nSPS) is 14.0. The maximum Gasteiger partial charge on any atom is 0.322 e. The van der Waals surface area contributed by atoms with Gasteiger partial charge >= 0.3 is 12.0 Å². The van der Waals surface area contributed by atoms with Gasteiger partial charge in [-0.25, -0.2) is 4.79 Å². The van der Waals surface area contributed by atoms with E-state index in [1.165, 1.54) is 4.90 Å². The summed E-state index contributed by atoms with van der Waals surface area (Å²) in [5.41, 5.74) is 0.719. The zero-order valence-electron chi connectivity index (χ0n) is 10.0.